The average molecular weight is 283 g/mol. The van der Waals surface area contributed by atoms with Gasteiger partial charge in [0.05, 0.1) is 10.9 Å². The van der Waals surface area contributed by atoms with Gasteiger partial charge in [0.15, 0.2) is 0 Å². The molecule has 4 nitrogen and oxygen atoms in total. The van der Waals surface area contributed by atoms with Crippen molar-refractivity contribution in [3.05, 3.63) is 75.4 Å². The second-order valence-electron chi connectivity index (χ2n) is 4.40. The first kappa shape index (κ1) is 12.8. The largest absolute Gasteiger partial charge is 0.320 e. The number of hydrogen-bond donors (Lipinski definition) is 2. The van der Waals surface area contributed by atoms with Crippen LogP contribution in [0.3, 0.4) is 0 Å². The van der Waals surface area contributed by atoms with E-state index in [1.165, 1.54) is 0 Å². The second-order valence-corrected chi connectivity index (χ2v) is 5.35. The Morgan fingerprint density at radius 2 is 1.95 bits per heavy atom. The molecule has 1 unspecified atom stereocenters. The van der Waals surface area contributed by atoms with Gasteiger partial charge >= 0.3 is 0 Å². The van der Waals surface area contributed by atoms with E-state index in [0.717, 1.165) is 16.1 Å². The highest BCUT2D eigenvalue weighted by Gasteiger charge is 2.14. The van der Waals surface area contributed by atoms with E-state index in [1.807, 2.05) is 47.8 Å². The van der Waals surface area contributed by atoms with Gasteiger partial charge in [0.2, 0.25) is 0 Å². The molecule has 0 bridgehead atoms. The second kappa shape index (κ2) is 5.40. The highest BCUT2D eigenvalue weighted by Crippen LogP contribution is 2.24. The third-order valence-corrected chi connectivity index (χ3v) is 3.99. The lowest BCUT2D eigenvalue weighted by Gasteiger charge is -2.11. The van der Waals surface area contributed by atoms with Crippen LogP contribution in [0.2, 0.25) is 0 Å². The van der Waals surface area contributed by atoms with Crippen LogP contribution in [0.4, 0.5) is 0 Å². The molecule has 0 radical (unpaired) electrons. The van der Waals surface area contributed by atoms with E-state index in [0.29, 0.717) is 5.56 Å². The Hall–Kier alpha value is -2.24. The first-order valence-electron chi connectivity index (χ1n) is 6.20. The molecule has 3 rings (SSSR count). The lowest BCUT2D eigenvalue weighted by atomic mass is 10.0. The van der Waals surface area contributed by atoms with Crippen molar-refractivity contribution in [1.29, 1.82) is 0 Å². The number of nitrogens with two attached hydrogens (primary N) is 1. The van der Waals surface area contributed by atoms with Crippen LogP contribution in [-0.2, 0) is 0 Å². The Morgan fingerprint density at radius 1 is 1.15 bits per heavy atom. The minimum absolute atomic E-state index is 0.248. The van der Waals surface area contributed by atoms with Crippen LogP contribution in [0.25, 0.3) is 10.6 Å². The summed E-state index contributed by atoms with van der Waals surface area (Å²) in [5.41, 5.74) is 8.11. The normalized spacial score (nSPS) is 12.2. The molecular weight excluding hydrogens is 270 g/mol. The monoisotopic (exact) mass is 283 g/mol. The van der Waals surface area contributed by atoms with Crippen molar-refractivity contribution in [3.63, 3.8) is 0 Å². The van der Waals surface area contributed by atoms with Crippen molar-refractivity contribution >= 4 is 11.3 Å². The van der Waals surface area contributed by atoms with E-state index in [2.05, 4.69) is 10.2 Å². The van der Waals surface area contributed by atoms with E-state index in [-0.39, 0.29) is 5.56 Å². The van der Waals surface area contributed by atoms with Gasteiger partial charge in [-0.2, -0.15) is 5.10 Å². The number of aromatic nitrogens is 2. The van der Waals surface area contributed by atoms with Gasteiger partial charge in [0.25, 0.3) is 5.56 Å². The minimum atomic E-state index is -0.457. The minimum Gasteiger partial charge on any atom is -0.320 e. The molecule has 0 aliphatic carbocycles. The molecule has 0 aliphatic heterocycles. The number of aromatic amines is 1. The topological polar surface area (TPSA) is 71.8 Å². The zero-order valence-corrected chi connectivity index (χ0v) is 11.4. The number of H-pyrrole nitrogens is 1. The molecule has 0 aliphatic rings. The molecule has 3 N–H and O–H groups in total. The van der Waals surface area contributed by atoms with Gasteiger partial charge in [0, 0.05) is 5.56 Å². The fourth-order valence-electron chi connectivity index (χ4n) is 2.04. The molecule has 2 aromatic heterocycles. The van der Waals surface area contributed by atoms with E-state index >= 15 is 0 Å². The quantitative estimate of drug-likeness (QED) is 0.776. The zero-order valence-electron chi connectivity index (χ0n) is 10.6. The SMILES string of the molecule is NC(c1ccccc1)c1cc(-c2cccs2)n[nH]c1=O. The zero-order chi connectivity index (χ0) is 13.9. The van der Waals surface area contributed by atoms with Crippen molar-refractivity contribution in [2.45, 2.75) is 6.04 Å². The van der Waals surface area contributed by atoms with Gasteiger partial charge in [-0.1, -0.05) is 36.4 Å². The Balaban J connectivity index is 2.05. The van der Waals surface area contributed by atoms with Crippen molar-refractivity contribution < 1.29 is 0 Å². The van der Waals surface area contributed by atoms with Gasteiger partial charge in [-0.3, -0.25) is 4.79 Å². The van der Waals surface area contributed by atoms with Gasteiger partial charge in [-0.15, -0.1) is 11.3 Å². The molecule has 20 heavy (non-hydrogen) atoms. The predicted octanol–water partition coefficient (Wildman–Crippen LogP) is 2.55. The third kappa shape index (κ3) is 2.41. The van der Waals surface area contributed by atoms with E-state index in [1.54, 1.807) is 17.4 Å². The average Bonchev–Trinajstić information content (AvgIpc) is 3.02. The van der Waals surface area contributed by atoms with E-state index in [9.17, 15) is 4.79 Å². The molecule has 1 aromatic carbocycles. The van der Waals surface area contributed by atoms with E-state index in [4.69, 9.17) is 5.73 Å². The first-order chi connectivity index (χ1) is 9.75. The third-order valence-electron chi connectivity index (χ3n) is 3.10. The summed E-state index contributed by atoms with van der Waals surface area (Å²) in [6, 6.07) is 14.8. The van der Waals surface area contributed by atoms with Gasteiger partial charge in [-0.25, -0.2) is 5.10 Å². The van der Waals surface area contributed by atoms with Gasteiger partial charge in [0.1, 0.15) is 5.69 Å². The standard InChI is InChI=1S/C15H13N3OS/c16-14(10-5-2-1-3-6-10)11-9-12(17-18-15(11)19)13-7-4-8-20-13/h1-9,14H,16H2,(H,18,19). The summed E-state index contributed by atoms with van der Waals surface area (Å²) in [7, 11) is 0. The highest BCUT2D eigenvalue weighted by atomic mass is 32.1. The number of nitrogens with zero attached hydrogens (tertiary/aromatic N) is 1. The molecular formula is C15H13N3OS. The lowest BCUT2D eigenvalue weighted by molar-refractivity contribution is 0.828. The Labute approximate surface area is 119 Å². The maximum absolute atomic E-state index is 12.0. The summed E-state index contributed by atoms with van der Waals surface area (Å²) in [6.45, 7) is 0. The summed E-state index contributed by atoms with van der Waals surface area (Å²) in [6.07, 6.45) is 0. The Morgan fingerprint density at radius 3 is 2.65 bits per heavy atom. The molecule has 0 spiro atoms. The molecule has 0 amide bonds. The predicted molar refractivity (Wildman–Crippen MR) is 80.6 cm³/mol. The molecule has 100 valence electrons. The number of thiophene rings is 1. The summed E-state index contributed by atoms with van der Waals surface area (Å²) >= 11 is 1.57. The van der Waals surface area contributed by atoms with Crippen LogP contribution >= 0.6 is 11.3 Å². The van der Waals surface area contributed by atoms with Crippen molar-refractivity contribution in [2.24, 2.45) is 5.73 Å². The molecule has 0 saturated heterocycles. The maximum Gasteiger partial charge on any atom is 0.269 e. The summed E-state index contributed by atoms with van der Waals surface area (Å²) in [5.74, 6) is 0. The molecule has 0 fully saturated rings. The lowest BCUT2D eigenvalue weighted by Crippen LogP contribution is -2.23. The number of rotatable bonds is 3. The van der Waals surface area contributed by atoms with E-state index < -0.39 is 6.04 Å². The van der Waals surface area contributed by atoms with Crippen molar-refractivity contribution in [2.75, 3.05) is 0 Å². The molecule has 5 heteroatoms. The fraction of sp³-hybridized carbons (Fsp3) is 0.0667. The first-order valence-corrected chi connectivity index (χ1v) is 7.07. The summed E-state index contributed by atoms with van der Waals surface area (Å²) in [5, 5.41) is 8.57. The van der Waals surface area contributed by atoms with Crippen molar-refractivity contribution in [3.8, 4) is 10.6 Å². The molecule has 0 saturated carbocycles. The highest BCUT2D eigenvalue weighted by molar-refractivity contribution is 7.13. The molecule has 2 heterocycles. The van der Waals surface area contributed by atoms with Crippen LogP contribution in [0.15, 0.2) is 58.7 Å². The number of hydrogen-bond acceptors (Lipinski definition) is 4. The molecule has 3 aromatic rings. The summed E-state index contributed by atoms with van der Waals surface area (Å²) < 4.78 is 0. The van der Waals surface area contributed by atoms with Crippen LogP contribution < -0.4 is 11.3 Å². The fourth-order valence-corrected chi connectivity index (χ4v) is 2.73. The maximum atomic E-state index is 12.0. The molecule has 1 atom stereocenters. The Kier molecular flexibility index (Phi) is 3.45. The number of benzene rings is 1. The van der Waals surface area contributed by atoms with Gasteiger partial charge < -0.3 is 5.73 Å². The van der Waals surface area contributed by atoms with Crippen LogP contribution in [-0.4, -0.2) is 10.2 Å². The van der Waals surface area contributed by atoms with Crippen molar-refractivity contribution in [1.82, 2.24) is 10.2 Å². The van der Waals surface area contributed by atoms with Gasteiger partial charge in [-0.05, 0) is 23.1 Å². The number of nitrogens with one attached hydrogen (secondary N) is 1. The Bertz CT molecular complexity index is 750. The smallest absolute Gasteiger partial charge is 0.269 e. The van der Waals surface area contributed by atoms with Crippen LogP contribution in [0, 0.1) is 0 Å². The summed E-state index contributed by atoms with van der Waals surface area (Å²) in [4.78, 5) is 13.0. The van der Waals surface area contributed by atoms with Crippen LogP contribution in [0.1, 0.15) is 17.2 Å². The van der Waals surface area contributed by atoms with Crippen LogP contribution in [0.5, 0.6) is 0 Å².